The monoisotopic (exact) mass is 373 g/mol. The van der Waals surface area contributed by atoms with Crippen molar-refractivity contribution >= 4 is 34.6 Å². The van der Waals surface area contributed by atoms with Crippen LogP contribution in [-0.4, -0.2) is 29.1 Å². The van der Waals surface area contributed by atoms with E-state index in [0.29, 0.717) is 16.2 Å². The Kier molecular flexibility index (Phi) is 6.29. The lowest BCUT2D eigenvalue weighted by atomic mass is 10.0. The summed E-state index contributed by atoms with van der Waals surface area (Å²) in [5.74, 6) is 0. The fraction of sp³-hybridized carbons (Fsp3) is 0.350. The molecule has 0 radical (unpaired) electrons. The molecule has 2 aromatic carbocycles. The zero-order valence-electron chi connectivity index (χ0n) is 14.5. The third kappa shape index (κ3) is 5.43. The van der Waals surface area contributed by atoms with Gasteiger partial charge in [0, 0.05) is 36.4 Å². The summed E-state index contributed by atoms with van der Waals surface area (Å²) in [6.07, 6.45) is 2.20. The SMILES string of the molecule is Cc1ccc(Cl)cc1NC(=S)NC1CCN(Cc2ccccc2)CC1. The van der Waals surface area contributed by atoms with Crippen molar-refractivity contribution in [3.8, 4) is 0 Å². The second-order valence-corrected chi connectivity index (χ2v) is 7.44. The van der Waals surface area contributed by atoms with Gasteiger partial charge in [-0.25, -0.2) is 0 Å². The van der Waals surface area contributed by atoms with Crippen LogP contribution in [0.4, 0.5) is 5.69 Å². The number of aryl methyl sites for hydroxylation is 1. The van der Waals surface area contributed by atoms with Gasteiger partial charge in [-0.05, 0) is 55.2 Å². The number of thiocarbonyl (C=S) groups is 1. The number of hydrogen-bond acceptors (Lipinski definition) is 2. The van der Waals surface area contributed by atoms with E-state index in [1.165, 1.54) is 5.56 Å². The van der Waals surface area contributed by atoms with Gasteiger partial charge < -0.3 is 10.6 Å². The first-order chi connectivity index (χ1) is 12.1. The molecular formula is C20H24ClN3S. The first kappa shape index (κ1) is 18.2. The molecule has 0 saturated carbocycles. The lowest BCUT2D eigenvalue weighted by Crippen LogP contribution is -2.45. The molecule has 1 heterocycles. The van der Waals surface area contributed by atoms with E-state index in [9.17, 15) is 0 Å². The molecule has 0 aromatic heterocycles. The van der Waals surface area contributed by atoms with Crippen LogP contribution in [0.25, 0.3) is 0 Å². The number of nitrogens with one attached hydrogen (secondary N) is 2. The summed E-state index contributed by atoms with van der Waals surface area (Å²) in [4.78, 5) is 2.51. The summed E-state index contributed by atoms with van der Waals surface area (Å²) in [5, 5.41) is 8.11. The number of benzene rings is 2. The van der Waals surface area contributed by atoms with Crippen LogP contribution in [0.1, 0.15) is 24.0 Å². The molecule has 0 spiro atoms. The predicted molar refractivity (Wildman–Crippen MR) is 110 cm³/mol. The molecule has 1 fully saturated rings. The van der Waals surface area contributed by atoms with E-state index >= 15 is 0 Å². The molecule has 2 aromatic rings. The molecule has 132 valence electrons. The zero-order chi connectivity index (χ0) is 17.6. The fourth-order valence-electron chi connectivity index (χ4n) is 3.15. The van der Waals surface area contributed by atoms with Crippen LogP contribution in [0.3, 0.4) is 0 Å². The van der Waals surface area contributed by atoms with Crippen LogP contribution in [0.2, 0.25) is 5.02 Å². The van der Waals surface area contributed by atoms with Crippen LogP contribution in [0.15, 0.2) is 48.5 Å². The molecule has 0 bridgehead atoms. The van der Waals surface area contributed by atoms with Crippen LogP contribution in [0.5, 0.6) is 0 Å². The van der Waals surface area contributed by atoms with Crippen molar-refractivity contribution in [2.75, 3.05) is 18.4 Å². The molecular weight excluding hydrogens is 350 g/mol. The Morgan fingerprint density at radius 2 is 1.88 bits per heavy atom. The van der Waals surface area contributed by atoms with Gasteiger partial charge in [-0.1, -0.05) is 48.0 Å². The van der Waals surface area contributed by atoms with E-state index < -0.39 is 0 Å². The highest BCUT2D eigenvalue weighted by atomic mass is 35.5. The number of likely N-dealkylation sites (tertiary alicyclic amines) is 1. The highest BCUT2D eigenvalue weighted by Crippen LogP contribution is 2.20. The maximum absolute atomic E-state index is 6.07. The van der Waals surface area contributed by atoms with Crippen molar-refractivity contribution in [2.45, 2.75) is 32.4 Å². The van der Waals surface area contributed by atoms with Crippen molar-refractivity contribution in [3.63, 3.8) is 0 Å². The summed E-state index contributed by atoms with van der Waals surface area (Å²) in [7, 11) is 0. The molecule has 0 amide bonds. The van der Waals surface area contributed by atoms with E-state index in [-0.39, 0.29) is 0 Å². The summed E-state index contributed by atoms with van der Waals surface area (Å²) in [5.41, 5.74) is 3.47. The van der Waals surface area contributed by atoms with Gasteiger partial charge in [0.15, 0.2) is 5.11 Å². The molecule has 3 rings (SSSR count). The minimum atomic E-state index is 0.423. The van der Waals surface area contributed by atoms with Gasteiger partial charge in [0.25, 0.3) is 0 Å². The topological polar surface area (TPSA) is 27.3 Å². The van der Waals surface area contributed by atoms with Gasteiger partial charge in [0.2, 0.25) is 0 Å². The van der Waals surface area contributed by atoms with Crippen molar-refractivity contribution in [3.05, 3.63) is 64.7 Å². The number of piperidine rings is 1. The van der Waals surface area contributed by atoms with Gasteiger partial charge in [0.1, 0.15) is 0 Å². The molecule has 1 aliphatic heterocycles. The lowest BCUT2D eigenvalue weighted by Gasteiger charge is -2.33. The Hall–Kier alpha value is -1.62. The highest BCUT2D eigenvalue weighted by Gasteiger charge is 2.19. The summed E-state index contributed by atoms with van der Waals surface area (Å²) in [6, 6.07) is 16.9. The Labute approximate surface area is 160 Å². The first-order valence-electron chi connectivity index (χ1n) is 8.70. The second-order valence-electron chi connectivity index (χ2n) is 6.59. The third-order valence-corrected chi connectivity index (χ3v) is 5.07. The molecule has 1 aliphatic rings. The molecule has 0 aliphatic carbocycles. The van der Waals surface area contributed by atoms with Crippen LogP contribution >= 0.6 is 23.8 Å². The maximum Gasteiger partial charge on any atom is 0.171 e. The number of hydrogen-bond donors (Lipinski definition) is 2. The average molecular weight is 374 g/mol. The second kappa shape index (κ2) is 8.65. The van der Waals surface area contributed by atoms with Crippen LogP contribution in [-0.2, 0) is 6.54 Å². The van der Waals surface area contributed by atoms with Crippen LogP contribution in [0, 0.1) is 6.92 Å². The average Bonchev–Trinajstić information content (AvgIpc) is 2.61. The summed E-state index contributed by atoms with van der Waals surface area (Å²) < 4.78 is 0. The number of nitrogens with zero attached hydrogens (tertiary/aromatic N) is 1. The smallest absolute Gasteiger partial charge is 0.171 e. The predicted octanol–water partition coefficient (Wildman–Crippen LogP) is 4.60. The standard InChI is InChI=1S/C20H24ClN3S/c1-15-7-8-17(21)13-19(15)23-20(25)22-18-9-11-24(12-10-18)14-16-5-3-2-4-6-16/h2-8,13,18H,9-12,14H2,1H3,(H2,22,23,25). The molecule has 3 nitrogen and oxygen atoms in total. The number of anilines is 1. The molecule has 1 saturated heterocycles. The van der Waals surface area contributed by atoms with Crippen molar-refractivity contribution in [1.29, 1.82) is 0 Å². The van der Waals surface area contributed by atoms with Gasteiger partial charge in [-0.15, -0.1) is 0 Å². The van der Waals surface area contributed by atoms with Crippen LogP contribution < -0.4 is 10.6 Å². The fourth-order valence-corrected chi connectivity index (χ4v) is 3.60. The number of rotatable bonds is 4. The van der Waals surface area contributed by atoms with Crippen molar-refractivity contribution < 1.29 is 0 Å². The number of halogens is 1. The normalized spacial score (nSPS) is 15.8. The van der Waals surface area contributed by atoms with Gasteiger partial charge >= 0.3 is 0 Å². The van der Waals surface area contributed by atoms with E-state index in [0.717, 1.165) is 43.7 Å². The van der Waals surface area contributed by atoms with Gasteiger partial charge in [-0.3, -0.25) is 4.90 Å². The lowest BCUT2D eigenvalue weighted by molar-refractivity contribution is 0.199. The minimum Gasteiger partial charge on any atom is -0.360 e. The largest absolute Gasteiger partial charge is 0.360 e. The molecule has 25 heavy (non-hydrogen) atoms. The minimum absolute atomic E-state index is 0.423. The van der Waals surface area contributed by atoms with Crippen molar-refractivity contribution in [1.82, 2.24) is 10.2 Å². The van der Waals surface area contributed by atoms with Gasteiger partial charge in [0.05, 0.1) is 0 Å². The van der Waals surface area contributed by atoms with Gasteiger partial charge in [-0.2, -0.15) is 0 Å². The van der Waals surface area contributed by atoms with E-state index in [2.05, 4.69) is 45.9 Å². The third-order valence-electron chi connectivity index (χ3n) is 4.62. The molecule has 2 N–H and O–H groups in total. The summed E-state index contributed by atoms with van der Waals surface area (Å²) >= 11 is 11.5. The van der Waals surface area contributed by atoms with E-state index in [4.69, 9.17) is 23.8 Å². The first-order valence-corrected chi connectivity index (χ1v) is 9.49. The Morgan fingerprint density at radius 3 is 2.60 bits per heavy atom. The Balaban J connectivity index is 1.45. The summed E-state index contributed by atoms with van der Waals surface area (Å²) in [6.45, 7) is 5.25. The maximum atomic E-state index is 6.07. The van der Waals surface area contributed by atoms with E-state index in [1.807, 2.05) is 25.1 Å². The molecule has 0 atom stereocenters. The molecule has 0 unspecified atom stereocenters. The Morgan fingerprint density at radius 1 is 1.16 bits per heavy atom. The zero-order valence-corrected chi connectivity index (χ0v) is 16.0. The Bertz CT molecular complexity index is 712. The molecule has 5 heteroatoms. The van der Waals surface area contributed by atoms with E-state index in [1.54, 1.807) is 0 Å². The van der Waals surface area contributed by atoms with Crippen molar-refractivity contribution in [2.24, 2.45) is 0 Å². The quantitative estimate of drug-likeness (QED) is 0.766. The highest BCUT2D eigenvalue weighted by molar-refractivity contribution is 7.80.